The zero-order valence-corrected chi connectivity index (χ0v) is 28.0. The van der Waals surface area contributed by atoms with Crippen molar-refractivity contribution in [1.82, 2.24) is 39.0 Å². The highest BCUT2D eigenvalue weighted by Gasteiger charge is 2.51. The van der Waals surface area contributed by atoms with E-state index in [0.29, 0.717) is 41.4 Å². The maximum absolute atomic E-state index is 15.2. The molecule has 6 heterocycles. The van der Waals surface area contributed by atoms with Crippen LogP contribution in [0.1, 0.15) is 12.5 Å². The van der Waals surface area contributed by atoms with Gasteiger partial charge in [0.2, 0.25) is 0 Å². The van der Waals surface area contributed by atoms with E-state index in [-0.39, 0.29) is 5.65 Å². The summed E-state index contributed by atoms with van der Waals surface area (Å²) in [5, 5.41) is 35.9. The molecular formula is C24H29FN10O9P2S2+2. The monoisotopic (exact) mass is 746 g/mol. The molecular weight excluding hydrogens is 717 g/mol. The van der Waals surface area contributed by atoms with E-state index in [1.54, 1.807) is 0 Å². The smallest absolute Gasteiger partial charge is 0.394 e. The minimum atomic E-state index is -2.43. The third-order valence-electron chi connectivity index (χ3n) is 7.57. The number of hydrogen-bond acceptors (Lipinski definition) is 17. The van der Waals surface area contributed by atoms with Gasteiger partial charge in [0.15, 0.2) is 64.8 Å². The van der Waals surface area contributed by atoms with Gasteiger partial charge in [0.1, 0.15) is 55.5 Å². The van der Waals surface area contributed by atoms with E-state index in [0.717, 1.165) is 0 Å². The average molecular weight is 747 g/mol. The number of fused-ring (bicyclic) bond motifs is 2. The van der Waals surface area contributed by atoms with Crippen molar-refractivity contribution in [2.75, 3.05) is 36.9 Å². The van der Waals surface area contributed by atoms with Crippen molar-refractivity contribution in [1.29, 1.82) is 0 Å². The lowest BCUT2D eigenvalue weighted by atomic mass is 10.1. The number of aliphatic hydroxyl groups excluding tert-OH is 3. The summed E-state index contributed by atoms with van der Waals surface area (Å²) >= 11 is 7.45. The van der Waals surface area contributed by atoms with Gasteiger partial charge in [0.05, 0.1) is 25.9 Å². The van der Waals surface area contributed by atoms with E-state index in [1.165, 1.54) is 34.4 Å². The third-order valence-corrected chi connectivity index (χ3v) is 8.98. The quantitative estimate of drug-likeness (QED) is 0.0549. The third kappa shape index (κ3) is 7.01. The van der Waals surface area contributed by atoms with Gasteiger partial charge in [-0.15, -0.1) is 9.05 Å². The summed E-state index contributed by atoms with van der Waals surface area (Å²) < 4.78 is 62.9. The van der Waals surface area contributed by atoms with E-state index in [2.05, 4.69) is 65.0 Å². The van der Waals surface area contributed by atoms with Crippen molar-refractivity contribution < 1.29 is 47.4 Å². The molecule has 19 nitrogen and oxygen atoms in total. The lowest BCUT2D eigenvalue weighted by Gasteiger charge is -2.16. The maximum Gasteiger partial charge on any atom is 0.582 e. The molecule has 0 spiro atoms. The molecule has 2 fully saturated rings. The topological polar surface area (TPSA) is 243 Å². The number of halogens is 1. The van der Waals surface area contributed by atoms with Crippen LogP contribution in [0.15, 0.2) is 37.5 Å². The second-order valence-electron chi connectivity index (χ2n) is 10.4. The molecule has 10 atom stereocenters. The molecule has 2 aliphatic rings. The van der Waals surface area contributed by atoms with Crippen LogP contribution in [0, 0.1) is 0 Å². The predicted molar refractivity (Wildman–Crippen MR) is 173 cm³/mol. The van der Waals surface area contributed by atoms with Crippen LogP contribution in [0.25, 0.3) is 22.3 Å². The van der Waals surface area contributed by atoms with E-state index in [4.69, 9.17) is 18.5 Å². The van der Waals surface area contributed by atoms with E-state index in [9.17, 15) is 24.4 Å². The van der Waals surface area contributed by atoms with Gasteiger partial charge in [-0.3, -0.25) is 9.13 Å². The first kappa shape index (κ1) is 34.8. The molecule has 0 radical (unpaired) electrons. The minimum absolute atomic E-state index is 0.271. The molecule has 0 amide bonds. The molecule has 0 aliphatic carbocycles. The highest BCUT2D eigenvalue weighted by molar-refractivity contribution is 8.39. The van der Waals surface area contributed by atoms with Gasteiger partial charge in [-0.2, -0.15) is 0 Å². The van der Waals surface area contributed by atoms with Gasteiger partial charge in [-0.1, -0.05) is 12.2 Å². The van der Waals surface area contributed by atoms with Crippen molar-refractivity contribution in [3.05, 3.63) is 37.5 Å². The molecule has 5 N–H and O–H groups in total. The minimum Gasteiger partial charge on any atom is -0.394 e. The average Bonchev–Trinajstić information content (AvgIpc) is 3.83. The number of alkyl halides is 1. The molecule has 2 saturated heterocycles. The van der Waals surface area contributed by atoms with Crippen LogP contribution < -0.4 is 10.6 Å². The first-order valence-corrected chi connectivity index (χ1v) is 18.9. The summed E-state index contributed by atoms with van der Waals surface area (Å²) in [5.74, 6) is 0.789. The van der Waals surface area contributed by atoms with Crippen LogP contribution in [-0.2, 0) is 27.7 Å². The Balaban J connectivity index is 1.08. The summed E-state index contributed by atoms with van der Waals surface area (Å²) in [6, 6.07) is 0. The molecule has 4 aromatic rings. The normalized spacial score (nSPS) is 28.1. The highest BCUT2D eigenvalue weighted by atomic mass is 32.7. The Kier molecular flexibility index (Phi) is 11.1. The van der Waals surface area contributed by atoms with Crippen molar-refractivity contribution in [3.8, 4) is 0 Å². The second-order valence-corrected chi connectivity index (χ2v) is 13.7. The lowest BCUT2D eigenvalue weighted by Crippen LogP contribution is -2.34. The number of thiol groups is 2. The van der Waals surface area contributed by atoms with Crippen LogP contribution in [-0.4, -0.2) is 117 Å². The van der Waals surface area contributed by atoms with Gasteiger partial charge in [0.25, 0.3) is 0 Å². The number of aromatic nitrogens is 8. The van der Waals surface area contributed by atoms with Crippen LogP contribution in [0.2, 0.25) is 0 Å². The highest BCUT2D eigenvalue weighted by Crippen LogP contribution is 2.42. The molecule has 48 heavy (non-hydrogen) atoms. The summed E-state index contributed by atoms with van der Waals surface area (Å²) in [6.07, 6.45) is -0.692. The number of hydrogen-bond donors (Lipinski definition) is 7. The number of ether oxygens (including phenoxy) is 2. The summed E-state index contributed by atoms with van der Waals surface area (Å²) in [7, 11) is -4.81. The Morgan fingerprint density at radius 2 is 1.31 bits per heavy atom. The van der Waals surface area contributed by atoms with Gasteiger partial charge < -0.3 is 35.4 Å². The maximum atomic E-state index is 15.2. The Bertz CT molecular complexity index is 1820. The first-order valence-electron chi connectivity index (χ1n) is 14.2. The molecule has 0 bridgehead atoms. The van der Waals surface area contributed by atoms with Gasteiger partial charge in [-0.25, -0.2) is 34.3 Å². The Labute approximate surface area is 282 Å². The van der Waals surface area contributed by atoms with E-state index >= 15 is 4.39 Å². The fourth-order valence-electron chi connectivity index (χ4n) is 5.42. The van der Waals surface area contributed by atoms with Gasteiger partial charge >= 0.3 is 14.5 Å². The van der Waals surface area contributed by atoms with Crippen molar-refractivity contribution >= 4 is 72.9 Å². The van der Waals surface area contributed by atoms with Crippen LogP contribution in [0.5, 0.6) is 0 Å². The molecule has 6 rings (SSSR count). The number of nitrogens with zero attached hydrogens (tertiary/aromatic N) is 8. The summed E-state index contributed by atoms with van der Waals surface area (Å²) in [4.78, 5) is 25.7. The van der Waals surface area contributed by atoms with Gasteiger partial charge in [-0.05, 0) is 9.13 Å². The fraction of sp³-hybridized carbons (Fsp3) is 0.500. The van der Waals surface area contributed by atoms with Crippen molar-refractivity contribution in [2.45, 2.75) is 49.1 Å². The molecule has 0 saturated carbocycles. The van der Waals surface area contributed by atoms with Gasteiger partial charge in [0, 0.05) is 13.1 Å². The Morgan fingerprint density at radius 3 is 1.83 bits per heavy atom. The van der Waals surface area contributed by atoms with Crippen molar-refractivity contribution in [3.63, 3.8) is 0 Å². The molecule has 5 unspecified atom stereocenters. The lowest BCUT2D eigenvalue weighted by molar-refractivity contribution is -0.0481. The number of imidazole rings is 2. The number of aliphatic hydroxyl groups is 3. The molecule has 256 valence electrons. The van der Waals surface area contributed by atoms with Crippen LogP contribution >= 0.6 is 39.0 Å². The number of nitrogens with one attached hydrogen (secondary N) is 2. The zero-order chi connectivity index (χ0) is 33.9. The standard InChI is InChI=1S/C24H27FN10O9P2S2/c25-13-17(43-45(39)47)12(6-37)42-23(13)34-9-32-14-19(28-7-30-21(14)34)26-3-1-2-4-27-20-15-22(31-8-29-20)35(10-33-15)24-18(44-46(40)48)16(38)11(5-36)41-24/h1-2,7-13,16-18,23-24,36-38H,3-6H2,(H2-2,26,27,28,29,30,31,39,40,47,48)/p+2/b2-1+/t11-,12?,13-,16-,17-,18-,23?,24?/m1/s1. The van der Waals surface area contributed by atoms with Crippen LogP contribution in [0.4, 0.5) is 16.0 Å². The fourth-order valence-corrected chi connectivity index (χ4v) is 6.97. The molecule has 24 heteroatoms. The first-order chi connectivity index (χ1) is 23.2. The van der Waals surface area contributed by atoms with Crippen molar-refractivity contribution in [2.24, 2.45) is 0 Å². The predicted octanol–water partition coefficient (Wildman–Crippen LogP) is 1.47. The molecule has 0 aromatic carbocycles. The zero-order valence-electron chi connectivity index (χ0n) is 24.4. The number of rotatable bonds is 14. The second kappa shape index (κ2) is 15.3. The summed E-state index contributed by atoms with van der Waals surface area (Å²) in [5.41, 5.74) is 1.36. The largest absolute Gasteiger partial charge is 0.582 e. The summed E-state index contributed by atoms with van der Waals surface area (Å²) in [6.45, 7) is -0.362. The van der Waals surface area contributed by atoms with Crippen LogP contribution in [0.3, 0.4) is 0 Å². The Hall–Kier alpha value is -3.01. The molecule has 2 aliphatic heterocycles. The van der Waals surface area contributed by atoms with E-state index < -0.39 is 76.8 Å². The van der Waals surface area contributed by atoms with E-state index in [1.807, 2.05) is 12.2 Å². The SMILES string of the molecule is O=[P+](S)O[C@@H]1C(CO)OC(n2cnc3c(NC/C=C/CNc4ncnc5c4ncn5C4O[C@H](CO)[C@@H](O)[C@H]4O[P+](=O)S)ncnc32)[C@@H]1F. The number of anilines is 2. The molecule has 4 aromatic heterocycles. The Morgan fingerprint density at radius 1 is 0.812 bits per heavy atom.